The van der Waals surface area contributed by atoms with Crippen molar-refractivity contribution in [1.29, 1.82) is 5.26 Å². The number of nitrogens with zero attached hydrogens (tertiary/aromatic N) is 1. The minimum Gasteiger partial charge on any atom is -0.456 e. The summed E-state index contributed by atoms with van der Waals surface area (Å²) in [4.78, 5) is 0. The van der Waals surface area contributed by atoms with E-state index in [1.54, 1.807) is 30.3 Å². The van der Waals surface area contributed by atoms with Crippen LogP contribution < -0.4 is 10.5 Å². The fraction of sp³-hybridized carbons (Fsp3) is 0.0714. The van der Waals surface area contributed by atoms with E-state index >= 15 is 0 Å². The van der Waals surface area contributed by atoms with Crippen LogP contribution in [0.25, 0.3) is 0 Å². The van der Waals surface area contributed by atoms with Crippen molar-refractivity contribution in [3.63, 3.8) is 0 Å². The maximum Gasteiger partial charge on any atom is 0.148 e. The molecular weight excluding hydrogens is 231 g/mol. The van der Waals surface area contributed by atoms with Crippen LogP contribution in [0.15, 0.2) is 36.4 Å². The lowest BCUT2D eigenvalue weighted by Crippen LogP contribution is -1.94. The van der Waals surface area contributed by atoms with Crippen LogP contribution in [0.5, 0.6) is 11.5 Å². The molecule has 90 valence electrons. The standard InChI is InChI=1S/C14H11FN2O/c1-9-7-10(17)5-6-13(9)18-14-4-2-3-12(15)11(14)8-16/h2-7H,17H2,1H3. The highest BCUT2D eigenvalue weighted by Crippen LogP contribution is 2.29. The monoisotopic (exact) mass is 242 g/mol. The van der Waals surface area contributed by atoms with Crippen LogP contribution in [-0.2, 0) is 0 Å². The Hall–Kier alpha value is -2.54. The molecule has 4 heteroatoms. The normalized spacial score (nSPS) is 9.83. The van der Waals surface area contributed by atoms with E-state index in [0.29, 0.717) is 11.4 Å². The van der Waals surface area contributed by atoms with Gasteiger partial charge in [-0.3, -0.25) is 0 Å². The van der Waals surface area contributed by atoms with Gasteiger partial charge >= 0.3 is 0 Å². The van der Waals surface area contributed by atoms with Crippen LogP contribution in [0, 0.1) is 24.1 Å². The van der Waals surface area contributed by atoms with Crippen molar-refractivity contribution in [1.82, 2.24) is 0 Å². The third kappa shape index (κ3) is 2.25. The van der Waals surface area contributed by atoms with Crippen molar-refractivity contribution in [2.45, 2.75) is 6.92 Å². The molecule has 0 saturated carbocycles. The molecule has 2 N–H and O–H groups in total. The predicted molar refractivity (Wildman–Crippen MR) is 66.8 cm³/mol. The number of ether oxygens (including phenoxy) is 1. The van der Waals surface area contributed by atoms with Gasteiger partial charge in [0.05, 0.1) is 0 Å². The highest BCUT2D eigenvalue weighted by Gasteiger charge is 2.10. The molecule has 0 unspecified atom stereocenters. The number of benzene rings is 2. The zero-order valence-electron chi connectivity index (χ0n) is 9.77. The largest absolute Gasteiger partial charge is 0.456 e. The molecule has 0 aromatic heterocycles. The van der Waals surface area contributed by atoms with E-state index < -0.39 is 5.82 Å². The molecule has 2 aromatic carbocycles. The minimum absolute atomic E-state index is 0.103. The molecule has 0 fully saturated rings. The Morgan fingerprint density at radius 2 is 2.00 bits per heavy atom. The van der Waals surface area contributed by atoms with Crippen LogP contribution >= 0.6 is 0 Å². The Balaban J connectivity index is 2.41. The first-order valence-corrected chi connectivity index (χ1v) is 5.34. The molecule has 2 aromatic rings. The van der Waals surface area contributed by atoms with Gasteiger partial charge in [0.25, 0.3) is 0 Å². The lowest BCUT2D eigenvalue weighted by atomic mass is 10.2. The summed E-state index contributed by atoms with van der Waals surface area (Å²) >= 11 is 0. The first-order valence-electron chi connectivity index (χ1n) is 5.34. The van der Waals surface area contributed by atoms with E-state index in [1.165, 1.54) is 12.1 Å². The summed E-state index contributed by atoms with van der Waals surface area (Å²) in [5, 5.41) is 8.90. The maximum absolute atomic E-state index is 13.4. The Bertz CT molecular complexity index is 632. The number of rotatable bonds is 2. The molecule has 0 spiro atoms. The average molecular weight is 242 g/mol. The van der Waals surface area contributed by atoms with Crippen LogP contribution in [-0.4, -0.2) is 0 Å². The molecule has 0 amide bonds. The summed E-state index contributed by atoms with van der Waals surface area (Å²) in [5.41, 5.74) is 6.98. The SMILES string of the molecule is Cc1cc(N)ccc1Oc1cccc(F)c1C#N. The topological polar surface area (TPSA) is 59.0 Å². The van der Waals surface area contributed by atoms with Crippen molar-refractivity contribution in [2.24, 2.45) is 0 Å². The highest BCUT2D eigenvalue weighted by molar-refractivity contribution is 5.51. The number of halogens is 1. The Morgan fingerprint density at radius 3 is 2.67 bits per heavy atom. The van der Waals surface area contributed by atoms with E-state index in [-0.39, 0.29) is 11.3 Å². The van der Waals surface area contributed by atoms with Gasteiger partial charge in [0.2, 0.25) is 0 Å². The summed E-state index contributed by atoms with van der Waals surface area (Å²) < 4.78 is 18.9. The molecule has 2 rings (SSSR count). The number of nitriles is 1. The zero-order valence-corrected chi connectivity index (χ0v) is 9.77. The Labute approximate surface area is 104 Å². The van der Waals surface area contributed by atoms with Crippen LogP contribution in [0.3, 0.4) is 0 Å². The van der Waals surface area contributed by atoms with Gasteiger partial charge in [-0.05, 0) is 42.8 Å². The number of hydrogen-bond acceptors (Lipinski definition) is 3. The summed E-state index contributed by atoms with van der Waals surface area (Å²) in [5.74, 6) is 0.153. The average Bonchev–Trinajstić information content (AvgIpc) is 2.33. The maximum atomic E-state index is 13.4. The lowest BCUT2D eigenvalue weighted by Gasteiger charge is -2.10. The van der Waals surface area contributed by atoms with E-state index in [1.807, 2.05) is 6.92 Å². The van der Waals surface area contributed by atoms with Crippen molar-refractivity contribution in [2.75, 3.05) is 5.73 Å². The van der Waals surface area contributed by atoms with Gasteiger partial charge in [-0.1, -0.05) is 6.07 Å². The third-order valence-corrected chi connectivity index (χ3v) is 2.51. The van der Waals surface area contributed by atoms with Crippen molar-refractivity contribution >= 4 is 5.69 Å². The number of hydrogen-bond donors (Lipinski definition) is 1. The minimum atomic E-state index is -0.594. The second-order valence-electron chi connectivity index (χ2n) is 3.85. The summed E-state index contributed by atoms with van der Waals surface area (Å²) in [7, 11) is 0. The number of nitrogens with two attached hydrogens (primary N) is 1. The van der Waals surface area contributed by atoms with Gasteiger partial charge < -0.3 is 10.5 Å². The second-order valence-corrected chi connectivity index (χ2v) is 3.85. The van der Waals surface area contributed by atoms with Crippen molar-refractivity contribution in [3.05, 3.63) is 53.3 Å². The summed E-state index contributed by atoms with van der Waals surface area (Å²) in [6, 6.07) is 11.2. The molecule has 3 nitrogen and oxygen atoms in total. The lowest BCUT2D eigenvalue weighted by molar-refractivity contribution is 0.471. The molecule has 0 bridgehead atoms. The quantitative estimate of drug-likeness (QED) is 0.821. The van der Waals surface area contributed by atoms with Gasteiger partial charge in [-0.15, -0.1) is 0 Å². The second kappa shape index (κ2) is 4.76. The highest BCUT2D eigenvalue weighted by atomic mass is 19.1. The number of nitrogen functional groups attached to an aromatic ring is 1. The zero-order chi connectivity index (χ0) is 13.1. The van der Waals surface area contributed by atoms with E-state index in [0.717, 1.165) is 5.56 Å². The van der Waals surface area contributed by atoms with Crippen LogP contribution in [0.4, 0.5) is 10.1 Å². The van der Waals surface area contributed by atoms with Gasteiger partial charge in [-0.2, -0.15) is 5.26 Å². The summed E-state index contributed by atoms with van der Waals surface area (Å²) in [6.07, 6.45) is 0. The third-order valence-electron chi connectivity index (χ3n) is 2.51. The van der Waals surface area contributed by atoms with E-state index in [4.69, 9.17) is 15.7 Å². The van der Waals surface area contributed by atoms with E-state index in [2.05, 4.69) is 0 Å². The van der Waals surface area contributed by atoms with Crippen LogP contribution in [0.1, 0.15) is 11.1 Å². The first kappa shape index (κ1) is 11.9. The molecular formula is C14H11FN2O. The number of anilines is 1. The molecule has 0 aliphatic carbocycles. The Kier molecular flexibility index (Phi) is 3.16. The van der Waals surface area contributed by atoms with E-state index in [9.17, 15) is 4.39 Å². The van der Waals surface area contributed by atoms with Crippen molar-refractivity contribution < 1.29 is 9.13 Å². The fourth-order valence-electron chi connectivity index (χ4n) is 1.60. The van der Waals surface area contributed by atoms with Gasteiger partial charge in [0.1, 0.15) is 28.9 Å². The molecule has 18 heavy (non-hydrogen) atoms. The molecule has 0 aliphatic rings. The predicted octanol–water partition coefficient (Wildman–Crippen LogP) is 3.38. The number of aryl methyl sites for hydroxylation is 1. The molecule has 0 aliphatic heterocycles. The first-order chi connectivity index (χ1) is 8.61. The smallest absolute Gasteiger partial charge is 0.148 e. The molecule has 0 heterocycles. The van der Waals surface area contributed by atoms with Crippen molar-refractivity contribution in [3.8, 4) is 17.6 Å². The van der Waals surface area contributed by atoms with Gasteiger partial charge in [0, 0.05) is 5.69 Å². The Morgan fingerprint density at radius 1 is 1.22 bits per heavy atom. The van der Waals surface area contributed by atoms with Crippen LogP contribution in [0.2, 0.25) is 0 Å². The molecule has 0 saturated heterocycles. The molecule has 0 atom stereocenters. The molecule has 0 radical (unpaired) electrons. The summed E-state index contributed by atoms with van der Waals surface area (Å²) in [6.45, 7) is 1.83. The fourth-order valence-corrected chi connectivity index (χ4v) is 1.60. The van der Waals surface area contributed by atoms with Gasteiger partial charge in [0.15, 0.2) is 0 Å². The van der Waals surface area contributed by atoms with Gasteiger partial charge in [-0.25, -0.2) is 4.39 Å².